The number of hydrogen-bond acceptors (Lipinski definition) is 14. The van der Waals surface area contributed by atoms with Gasteiger partial charge in [0.15, 0.2) is 24.4 Å². The summed E-state index contributed by atoms with van der Waals surface area (Å²) in [6.45, 7) is 5.04. The van der Waals surface area contributed by atoms with Crippen LogP contribution in [0.3, 0.4) is 0 Å². The van der Waals surface area contributed by atoms with Crippen molar-refractivity contribution in [2.75, 3.05) is 14.2 Å². The Kier molecular flexibility index (Phi) is 10.4. The molecule has 4 saturated heterocycles. The van der Waals surface area contributed by atoms with E-state index in [0.717, 1.165) is 0 Å². The number of ether oxygens (including phenoxy) is 8. The number of hydrogen-bond donors (Lipinski definition) is 2. The summed E-state index contributed by atoms with van der Waals surface area (Å²) < 4.78 is 41.6. The van der Waals surface area contributed by atoms with Crippen molar-refractivity contribution in [1.82, 2.24) is 0 Å². The molecule has 4 heterocycles. The molecule has 0 radical (unpaired) electrons. The molecule has 14 nitrogen and oxygen atoms in total. The zero-order chi connectivity index (χ0) is 26.9. The maximum absolute atomic E-state index is 11.0. The SMILES string of the molecule is C.CO[C@H]1C(OC(C)=O)C2O[C@H]1C(O)C2OC(C)=O.CO[C@H]1C(OC(C)=O)C2O[C@H]1C(OC(C)=O)C2O. The van der Waals surface area contributed by atoms with Crippen LogP contribution in [0.15, 0.2) is 0 Å². The summed E-state index contributed by atoms with van der Waals surface area (Å²) in [5.41, 5.74) is 0. The predicted octanol–water partition coefficient (Wildman–Crippen LogP) is -1.35. The van der Waals surface area contributed by atoms with Gasteiger partial charge in [0, 0.05) is 41.9 Å². The first-order valence-electron chi connectivity index (χ1n) is 11.3. The van der Waals surface area contributed by atoms with Crippen molar-refractivity contribution in [2.24, 2.45) is 0 Å². The van der Waals surface area contributed by atoms with Gasteiger partial charge in [-0.25, -0.2) is 0 Å². The molecule has 14 heteroatoms. The molecular formula is C23H36O14. The Morgan fingerprint density at radius 3 is 1.14 bits per heavy atom. The highest BCUT2D eigenvalue weighted by molar-refractivity contribution is 5.68. The Balaban J connectivity index is 0.000000253. The van der Waals surface area contributed by atoms with Crippen molar-refractivity contribution in [3.8, 4) is 0 Å². The normalized spacial score (nSPS) is 40.6. The molecule has 12 atom stereocenters. The number of aliphatic hydroxyl groups is 2. The van der Waals surface area contributed by atoms with Gasteiger partial charge in [-0.3, -0.25) is 19.2 Å². The summed E-state index contributed by atoms with van der Waals surface area (Å²) in [5, 5.41) is 19.9. The van der Waals surface area contributed by atoms with Gasteiger partial charge in [-0.1, -0.05) is 7.43 Å². The topological polar surface area (TPSA) is 183 Å². The molecule has 4 aliphatic heterocycles. The molecule has 37 heavy (non-hydrogen) atoms. The van der Waals surface area contributed by atoms with E-state index >= 15 is 0 Å². The average Bonchev–Trinajstić information content (AvgIpc) is 3.48. The lowest BCUT2D eigenvalue weighted by Gasteiger charge is -2.33. The summed E-state index contributed by atoms with van der Waals surface area (Å²) in [4.78, 5) is 44.0. The first-order chi connectivity index (χ1) is 16.9. The van der Waals surface area contributed by atoms with Gasteiger partial charge >= 0.3 is 23.9 Å². The smallest absolute Gasteiger partial charge is 0.303 e. The van der Waals surface area contributed by atoms with Crippen molar-refractivity contribution in [3.05, 3.63) is 0 Å². The van der Waals surface area contributed by atoms with Gasteiger partial charge in [0.2, 0.25) is 0 Å². The second kappa shape index (κ2) is 12.5. The van der Waals surface area contributed by atoms with Crippen molar-refractivity contribution in [1.29, 1.82) is 0 Å². The number of carbonyl (C=O) groups is 4. The van der Waals surface area contributed by atoms with Crippen molar-refractivity contribution in [2.45, 2.75) is 108 Å². The summed E-state index contributed by atoms with van der Waals surface area (Å²) in [5.74, 6) is -1.98. The van der Waals surface area contributed by atoms with Gasteiger partial charge < -0.3 is 48.1 Å². The van der Waals surface area contributed by atoms with Gasteiger partial charge in [0.25, 0.3) is 0 Å². The highest BCUT2D eigenvalue weighted by Gasteiger charge is 2.64. The van der Waals surface area contributed by atoms with Crippen LogP contribution in [-0.4, -0.2) is 122 Å². The molecule has 0 aromatic heterocycles. The molecule has 0 aliphatic carbocycles. The Morgan fingerprint density at radius 1 is 0.514 bits per heavy atom. The lowest BCUT2D eigenvalue weighted by molar-refractivity contribution is -0.173. The van der Waals surface area contributed by atoms with E-state index in [9.17, 15) is 29.4 Å². The first-order valence-corrected chi connectivity index (χ1v) is 11.3. The fraction of sp³-hybridized carbons (Fsp3) is 0.826. The molecule has 0 aromatic rings. The summed E-state index contributed by atoms with van der Waals surface area (Å²) in [6, 6.07) is 0. The highest BCUT2D eigenvalue weighted by Crippen LogP contribution is 2.41. The number of carbonyl (C=O) groups excluding carboxylic acids is 4. The van der Waals surface area contributed by atoms with E-state index in [0.29, 0.717) is 0 Å². The summed E-state index contributed by atoms with van der Waals surface area (Å²) in [6.07, 6.45) is -8.78. The van der Waals surface area contributed by atoms with Gasteiger partial charge in [-0.05, 0) is 0 Å². The third-order valence-electron chi connectivity index (χ3n) is 6.32. The second-order valence-corrected chi connectivity index (χ2v) is 8.81. The lowest BCUT2D eigenvalue weighted by atomic mass is 9.89. The van der Waals surface area contributed by atoms with Crippen molar-refractivity contribution in [3.63, 3.8) is 0 Å². The third kappa shape index (κ3) is 6.21. The van der Waals surface area contributed by atoms with E-state index in [-0.39, 0.29) is 7.43 Å². The van der Waals surface area contributed by atoms with Crippen LogP contribution in [-0.2, 0) is 57.1 Å². The quantitative estimate of drug-likeness (QED) is 0.300. The third-order valence-corrected chi connectivity index (χ3v) is 6.32. The van der Waals surface area contributed by atoms with Crippen molar-refractivity contribution < 1.29 is 67.3 Å². The zero-order valence-electron chi connectivity index (χ0n) is 20.7. The van der Waals surface area contributed by atoms with E-state index in [4.69, 9.17) is 37.9 Å². The molecule has 0 aromatic carbocycles. The average molecular weight is 537 g/mol. The van der Waals surface area contributed by atoms with Crippen LogP contribution in [0.2, 0.25) is 0 Å². The van der Waals surface area contributed by atoms with E-state index in [1.807, 2.05) is 0 Å². The minimum Gasteiger partial charge on any atom is -0.457 e. The van der Waals surface area contributed by atoms with Gasteiger partial charge in [-0.2, -0.15) is 0 Å². The molecular weight excluding hydrogens is 500 g/mol. The molecule has 212 valence electrons. The molecule has 8 unspecified atom stereocenters. The number of fused-ring (bicyclic) bond motifs is 4. The van der Waals surface area contributed by atoms with Crippen LogP contribution in [0.1, 0.15) is 35.1 Å². The van der Waals surface area contributed by atoms with E-state index in [1.165, 1.54) is 41.9 Å². The Labute approximate surface area is 214 Å². The Bertz CT molecular complexity index is 845. The maximum atomic E-state index is 11.0. The first kappa shape index (κ1) is 30.9. The van der Waals surface area contributed by atoms with Gasteiger partial charge in [-0.15, -0.1) is 0 Å². The van der Waals surface area contributed by atoms with Crippen LogP contribution in [0.25, 0.3) is 0 Å². The standard InChI is InChI=1S/2C11H16O7.CH4/c1-4(12)16-7-6(14)8-10(17-5(2)13)9(15-3)11(7)18-8;1-4(12)16-8-6(14)7-9(15-3)11(10(8)18-7)17-5(2)13;/h2*6-11,14H,1-3H3;1H4/t6?,7?,8?,9-,10?,11-;6?,7-,8?,9+,10?,11?;/m00./s1. The number of aliphatic hydroxyl groups excluding tert-OH is 2. The molecule has 0 spiro atoms. The monoisotopic (exact) mass is 536 g/mol. The lowest BCUT2D eigenvalue weighted by Crippen LogP contribution is -2.55. The maximum Gasteiger partial charge on any atom is 0.303 e. The predicted molar refractivity (Wildman–Crippen MR) is 120 cm³/mol. The van der Waals surface area contributed by atoms with E-state index in [2.05, 4.69) is 0 Å². The number of methoxy groups -OCH3 is 2. The van der Waals surface area contributed by atoms with E-state index < -0.39 is 97.1 Å². The molecule has 4 bridgehead atoms. The molecule has 2 N–H and O–H groups in total. The fourth-order valence-electron chi connectivity index (χ4n) is 5.11. The molecule has 4 rings (SSSR count). The fourth-order valence-corrected chi connectivity index (χ4v) is 5.11. The Hall–Kier alpha value is -2.36. The molecule has 4 fully saturated rings. The van der Waals surface area contributed by atoms with Gasteiger partial charge in [0.05, 0.1) is 0 Å². The molecule has 0 saturated carbocycles. The van der Waals surface area contributed by atoms with Crippen molar-refractivity contribution >= 4 is 23.9 Å². The number of rotatable bonds is 6. The van der Waals surface area contributed by atoms with Crippen LogP contribution >= 0.6 is 0 Å². The van der Waals surface area contributed by atoms with Crippen LogP contribution in [0.5, 0.6) is 0 Å². The largest absolute Gasteiger partial charge is 0.457 e. The summed E-state index contributed by atoms with van der Waals surface area (Å²) in [7, 11) is 2.89. The number of esters is 4. The highest BCUT2D eigenvalue weighted by atomic mass is 16.7. The van der Waals surface area contributed by atoms with Crippen LogP contribution in [0.4, 0.5) is 0 Å². The van der Waals surface area contributed by atoms with Crippen LogP contribution < -0.4 is 0 Å². The minimum atomic E-state index is -1.02. The van der Waals surface area contributed by atoms with E-state index in [1.54, 1.807) is 0 Å². The zero-order valence-corrected chi connectivity index (χ0v) is 20.7. The summed E-state index contributed by atoms with van der Waals surface area (Å²) >= 11 is 0. The van der Waals surface area contributed by atoms with Gasteiger partial charge in [0.1, 0.15) is 48.8 Å². The molecule has 0 amide bonds. The van der Waals surface area contributed by atoms with Crippen LogP contribution in [0, 0.1) is 0 Å². The molecule has 4 aliphatic rings. The second-order valence-electron chi connectivity index (χ2n) is 8.81. The Morgan fingerprint density at radius 2 is 0.784 bits per heavy atom. The minimum absolute atomic E-state index is 0.